The van der Waals surface area contributed by atoms with Crippen molar-refractivity contribution in [3.05, 3.63) is 65.9 Å². The van der Waals surface area contributed by atoms with E-state index in [1.165, 1.54) is 0 Å². The zero-order valence-electron chi connectivity index (χ0n) is 19.8. The maximum absolute atomic E-state index is 13.0. The highest BCUT2D eigenvalue weighted by Crippen LogP contribution is 2.23. The average Bonchev–Trinajstić information content (AvgIpc) is 2.85. The van der Waals surface area contributed by atoms with Crippen LogP contribution in [0.1, 0.15) is 32.6 Å². The van der Waals surface area contributed by atoms with E-state index in [9.17, 15) is 29.2 Å². The van der Waals surface area contributed by atoms with Gasteiger partial charge in [-0.15, -0.1) is 5.01 Å². The third-order valence-corrected chi connectivity index (χ3v) is 6.15. The van der Waals surface area contributed by atoms with Gasteiger partial charge in [-0.3, -0.25) is 24.1 Å². The van der Waals surface area contributed by atoms with Gasteiger partial charge in [0.05, 0.1) is 12.2 Å². The summed E-state index contributed by atoms with van der Waals surface area (Å²) in [5, 5.41) is 14.3. The average molecular weight is 494 g/mol. The minimum Gasteiger partial charge on any atom is -0.582 e. The van der Waals surface area contributed by atoms with Crippen molar-refractivity contribution in [3.63, 3.8) is 0 Å². The number of imide groups is 2. The number of carbonyl (C=O) groups excluding carboxylic acids is 5. The first kappa shape index (κ1) is 25.0. The summed E-state index contributed by atoms with van der Waals surface area (Å²) in [4.78, 5) is 64.6. The summed E-state index contributed by atoms with van der Waals surface area (Å²) >= 11 is 0. The Kier molecular flexibility index (Phi) is 7.41. The van der Waals surface area contributed by atoms with Crippen molar-refractivity contribution >= 4 is 41.0 Å². The van der Waals surface area contributed by atoms with Crippen molar-refractivity contribution in [3.8, 4) is 0 Å². The second-order valence-electron chi connectivity index (χ2n) is 8.85. The molecule has 0 spiro atoms. The first-order valence-corrected chi connectivity index (χ1v) is 11.7. The van der Waals surface area contributed by atoms with E-state index in [-0.39, 0.29) is 19.0 Å². The summed E-state index contributed by atoms with van der Waals surface area (Å²) in [6.45, 7) is 2.06. The van der Waals surface area contributed by atoms with Crippen LogP contribution in [0.15, 0.2) is 60.7 Å². The van der Waals surface area contributed by atoms with E-state index in [0.717, 1.165) is 19.8 Å². The molecular formula is C25H27N5O6. The first-order valence-electron chi connectivity index (χ1n) is 11.7. The Hall–Kier alpha value is -4.09. The van der Waals surface area contributed by atoms with Gasteiger partial charge in [0.1, 0.15) is 18.5 Å². The smallest absolute Gasteiger partial charge is 0.338 e. The molecule has 0 bridgehead atoms. The molecule has 2 fully saturated rings. The molecule has 11 heteroatoms. The summed E-state index contributed by atoms with van der Waals surface area (Å²) in [7, 11) is 0. The van der Waals surface area contributed by atoms with Gasteiger partial charge < -0.3 is 5.21 Å². The third-order valence-electron chi connectivity index (χ3n) is 6.15. The number of anilines is 2. The van der Waals surface area contributed by atoms with Crippen molar-refractivity contribution in [2.75, 3.05) is 23.0 Å². The molecule has 2 aromatic carbocycles. The minimum atomic E-state index is -0.687. The van der Waals surface area contributed by atoms with Crippen LogP contribution in [-0.2, 0) is 19.2 Å². The molecule has 0 saturated carbocycles. The lowest BCUT2D eigenvalue weighted by Gasteiger charge is -2.42. The van der Waals surface area contributed by atoms with Crippen molar-refractivity contribution in [1.82, 2.24) is 9.91 Å². The second-order valence-corrected chi connectivity index (χ2v) is 8.85. The number of hydrogen-bond donors (Lipinski definition) is 1. The van der Waals surface area contributed by atoms with E-state index in [1.807, 2.05) is 6.92 Å². The Balaban J connectivity index is 1.35. The van der Waals surface area contributed by atoms with Crippen molar-refractivity contribution in [2.45, 2.75) is 32.6 Å². The van der Waals surface area contributed by atoms with E-state index in [2.05, 4.69) is 0 Å². The molecule has 4 rings (SSSR count). The topological polar surface area (TPSA) is 126 Å². The molecule has 0 radical (unpaired) electrons. The molecule has 2 aromatic rings. The fourth-order valence-corrected chi connectivity index (χ4v) is 4.34. The number of hydrogen-bond acceptors (Lipinski definition) is 6. The zero-order chi connectivity index (χ0) is 25.8. The summed E-state index contributed by atoms with van der Waals surface area (Å²) in [5.41, 5.74) is 0.801. The first-order chi connectivity index (χ1) is 17.3. The second kappa shape index (κ2) is 10.7. The lowest BCUT2D eigenvalue weighted by atomic mass is 10.0. The quantitative estimate of drug-likeness (QED) is 0.436. The predicted octanol–water partition coefficient (Wildman–Crippen LogP) is 1.27. The Labute approximate surface area is 208 Å². The highest BCUT2D eigenvalue weighted by molar-refractivity contribution is 6.26. The number of benzene rings is 2. The number of rotatable bonds is 8. The summed E-state index contributed by atoms with van der Waals surface area (Å²) in [5.74, 6) is -2.39. The maximum atomic E-state index is 13.0. The van der Waals surface area contributed by atoms with E-state index in [0.29, 0.717) is 24.2 Å². The summed E-state index contributed by atoms with van der Waals surface area (Å²) < 4.78 is 0. The molecule has 2 saturated heterocycles. The van der Waals surface area contributed by atoms with Crippen LogP contribution in [-0.4, -0.2) is 52.7 Å². The number of nitrogens with zero attached hydrogens (tertiary/aromatic N) is 4. The van der Waals surface area contributed by atoms with E-state index < -0.39 is 47.8 Å². The van der Waals surface area contributed by atoms with E-state index in [1.54, 1.807) is 60.7 Å². The van der Waals surface area contributed by atoms with Gasteiger partial charge in [-0.1, -0.05) is 43.3 Å². The highest BCUT2D eigenvalue weighted by Gasteiger charge is 2.40. The Morgan fingerprint density at radius 1 is 0.806 bits per heavy atom. The van der Waals surface area contributed by atoms with E-state index in [4.69, 9.17) is 0 Å². The van der Waals surface area contributed by atoms with Gasteiger partial charge in [0.25, 0.3) is 11.8 Å². The van der Waals surface area contributed by atoms with Crippen LogP contribution in [0.25, 0.3) is 0 Å². The van der Waals surface area contributed by atoms with Crippen LogP contribution in [0, 0.1) is 11.1 Å². The minimum absolute atomic E-state index is 0.102. The standard InChI is InChI=1S/C25H27N5O6/c1-18(17-26-21(31)15-23(33)28(25(26)35)19-10-4-2-5-11-19)9-8-14-27-22(32)16-24(34)29(30(27)36)20-12-6-3-7-13-20/h2-7,10-13,18,30H,8-9,14-17H2,1H3. The fourth-order valence-electron chi connectivity index (χ4n) is 4.34. The van der Waals surface area contributed by atoms with Crippen molar-refractivity contribution in [1.29, 1.82) is 0 Å². The number of amides is 6. The normalized spacial score (nSPS) is 19.8. The summed E-state index contributed by atoms with van der Waals surface area (Å²) in [6, 6.07) is 16.2. The lowest BCUT2D eigenvalue weighted by Crippen LogP contribution is -3.23. The van der Waals surface area contributed by atoms with Crippen LogP contribution >= 0.6 is 0 Å². The third kappa shape index (κ3) is 5.11. The van der Waals surface area contributed by atoms with Crippen LogP contribution in [0.5, 0.6) is 0 Å². The molecular weight excluding hydrogens is 466 g/mol. The van der Waals surface area contributed by atoms with Crippen LogP contribution in [0.2, 0.25) is 0 Å². The number of nitrogens with one attached hydrogen (secondary N) is 1. The van der Waals surface area contributed by atoms with Crippen LogP contribution in [0.3, 0.4) is 0 Å². The van der Waals surface area contributed by atoms with Gasteiger partial charge in [0.2, 0.25) is 11.8 Å². The molecule has 11 nitrogen and oxygen atoms in total. The molecule has 2 atom stereocenters. The summed E-state index contributed by atoms with van der Waals surface area (Å²) in [6.07, 6.45) is 0.142. The lowest BCUT2D eigenvalue weighted by molar-refractivity contribution is -0.962. The maximum Gasteiger partial charge on any atom is 0.338 e. The molecule has 2 aliphatic rings. The highest BCUT2D eigenvalue weighted by atomic mass is 16.6. The molecule has 6 amide bonds. The molecule has 1 N–H and O–H groups in total. The number of para-hydroxylation sites is 2. The fraction of sp³-hybridized carbons (Fsp3) is 0.320. The van der Waals surface area contributed by atoms with Gasteiger partial charge in [-0.25, -0.2) is 9.69 Å². The largest absolute Gasteiger partial charge is 0.582 e. The molecule has 0 aromatic heterocycles. The van der Waals surface area contributed by atoms with E-state index >= 15 is 0 Å². The SMILES string of the molecule is CC(CCCN1C(=O)CC(=O)N(c2ccccc2)[NH+]1[O-])CN1C(=O)CC(=O)N(c2ccccc2)C1=O. The van der Waals surface area contributed by atoms with Gasteiger partial charge in [-0.2, -0.15) is 10.3 Å². The number of carbonyl (C=O) groups is 5. The molecule has 188 valence electrons. The van der Waals surface area contributed by atoms with Gasteiger partial charge in [0, 0.05) is 6.54 Å². The monoisotopic (exact) mass is 493 g/mol. The molecule has 0 aliphatic carbocycles. The Morgan fingerprint density at radius 2 is 1.39 bits per heavy atom. The van der Waals surface area contributed by atoms with Gasteiger partial charge >= 0.3 is 6.03 Å². The molecule has 2 unspecified atom stereocenters. The zero-order valence-corrected chi connectivity index (χ0v) is 19.8. The molecule has 2 aliphatic heterocycles. The number of quaternary nitrogens is 1. The predicted molar refractivity (Wildman–Crippen MR) is 129 cm³/mol. The van der Waals surface area contributed by atoms with Crippen LogP contribution in [0.4, 0.5) is 16.2 Å². The van der Waals surface area contributed by atoms with Crippen molar-refractivity contribution in [2.24, 2.45) is 5.92 Å². The van der Waals surface area contributed by atoms with Gasteiger partial charge in [0.15, 0.2) is 0 Å². The number of barbiturate groups is 1. The van der Waals surface area contributed by atoms with Crippen LogP contribution < -0.4 is 15.2 Å². The Morgan fingerprint density at radius 3 is 2.03 bits per heavy atom. The number of urea groups is 1. The molecule has 2 heterocycles. The van der Waals surface area contributed by atoms with Gasteiger partial charge in [-0.05, 0) is 43.0 Å². The van der Waals surface area contributed by atoms with Crippen molar-refractivity contribution < 1.29 is 29.3 Å². The molecule has 36 heavy (non-hydrogen) atoms. The Bertz CT molecular complexity index is 1160.